The quantitative estimate of drug-likeness (QED) is 0.597. The number of carbonyl (C=O) groups excluding carboxylic acids is 2. The molecule has 2 rings (SSSR count). The van der Waals surface area contributed by atoms with E-state index in [0.717, 1.165) is 32.3 Å². The number of Topliss-reactive ketones (excluding diaryl/α,β-unsaturated/α-hetero) is 1. The average Bonchev–Trinajstić information content (AvgIpc) is 3.44. The number of aromatic nitrogens is 2. The second-order valence-electron chi connectivity index (χ2n) is 6.36. The fourth-order valence-electron chi connectivity index (χ4n) is 0.701. The zero-order valence-corrected chi connectivity index (χ0v) is 23.2. The molecule has 10 nitrogen and oxygen atoms in total. The predicted octanol–water partition coefficient (Wildman–Crippen LogP) is 4.92. The first kappa shape index (κ1) is 45.5. The van der Waals surface area contributed by atoms with Gasteiger partial charge in [0.2, 0.25) is 12.3 Å². The van der Waals surface area contributed by atoms with Crippen LogP contribution >= 0.6 is 0 Å². The minimum atomic E-state index is -0.407. The van der Waals surface area contributed by atoms with Crippen molar-refractivity contribution in [1.29, 1.82) is 0 Å². The van der Waals surface area contributed by atoms with E-state index in [4.69, 9.17) is 4.74 Å². The smallest absolute Gasteiger partial charge is 0.406 e. The predicted molar refractivity (Wildman–Crippen MR) is 141 cm³/mol. The summed E-state index contributed by atoms with van der Waals surface area (Å²) >= 11 is 0. The van der Waals surface area contributed by atoms with Gasteiger partial charge in [-0.05, 0) is 54.1 Å². The minimum Gasteiger partial charge on any atom is -0.453 e. The van der Waals surface area contributed by atoms with Crippen LogP contribution in [0, 0.1) is 12.8 Å². The lowest BCUT2D eigenvalue weighted by Gasteiger charge is -1.90. The van der Waals surface area contributed by atoms with Crippen molar-refractivity contribution in [2.24, 2.45) is 5.92 Å². The molecule has 34 heavy (non-hydrogen) atoms. The molecule has 2 N–H and O–H groups in total. The molecule has 0 saturated heterocycles. The molecule has 208 valence electrons. The summed E-state index contributed by atoms with van der Waals surface area (Å²) in [5.41, 5.74) is 0. The molecule has 0 bridgehead atoms. The Bertz CT molecular complexity index is 436. The Hall–Kier alpha value is -2.04. The number of ketones is 1. The number of ether oxygens (including phenoxy) is 3. The number of nitrogens with zero attached hydrogens (tertiary/aromatic N) is 2. The van der Waals surface area contributed by atoms with Crippen molar-refractivity contribution in [1.82, 2.24) is 20.8 Å². The standard InChI is InChI=1S/C4H10O.C4H8.C3H4N2O.C3H7NO2.C3H9N.C3H8O.C3H6O.CH4/c1-3-5-4-2;1-4-2-3-4;1-3-5-4-2-6-3;1-4-3(5)6-2;2*1-3-4-2;1-3(2)4;/h3-4H2,1-2H3;4H,2-3H2,1H3;2H,1H3;1-2H3,(H,4,5);4H,3H2,1-2H3;3H2,1-2H3;1-2H3;1H4. The third-order valence-electron chi connectivity index (χ3n) is 2.77. The van der Waals surface area contributed by atoms with Crippen LogP contribution in [0.3, 0.4) is 0 Å². The zero-order valence-electron chi connectivity index (χ0n) is 23.2. The van der Waals surface area contributed by atoms with Gasteiger partial charge in [-0.25, -0.2) is 4.79 Å². The maximum Gasteiger partial charge on any atom is 0.406 e. The van der Waals surface area contributed by atoms with Gasteiger partial charge in [0.1, 0.15) is 5.78 Å². The summed E-state index contributed by atoms with van der Waals surface area (Å²) in [5.74, 6) is 1.86. The fourth-order valence-corrected chi connectivity index (χ4v) is 0.701. The molecule has 1 aliphatic rings. The van der Waals surface area contributed by atoms with Crippen LogP contribution in [-0.2, 0) is 19.0 Å². The fraction of sp³-hybridized carbons (Fsp3) is 0.833. The van der Waals surface area contributed by atoms with E-state index in [0.29, 0.717) is 5.89 Å². The molecule has 0 aromatic carbocycles. The average molecular weight is 497 g/mol. The molecule has 0 spiro atoms. The third-order valence-corrected chi connectivity index (χ3v) is 2.77. The molecule has 1 heterocycles. The number of amides is 1. The van der Waals surface area contributed by atoms with E-state index in [1.54, 1.807) is 14.0 Å². The van der Waals surface area contributed by atoms with Crippen LogP contribution in [0.1, 0.15) is 74.6 Å². The van der Waals surface area contributed by atoms with Crippen molar-refractivity contribution in [2.45, 2.75) is 75.7 Å². The number of hydrogen-bond donors (Lipinski definition) is 2. The van der Waals surface area contributed by atoms with Gasteiger partial charge in [0.15, 0.2) is 0 Å². The maximum absolute atomic E-state index is 9.85. The van der Waals surface area contributed by atoms with Gasteiger partial charge in [-0.15, -0.1) is 10.2 Å². The Morgan fingerprint density at radius 2 is 1.44 bits per heavy atom. The third kappa shape index (κ3) is 98.6. The Labute approximate surface area is 209 Å². The summed E-state index contributed by atoms with van der Waals surface area (Å²) in [5, 5.41) is 12.1. The van der Waals surface area contributed by atoms with Crippen molar-refractivity contribution in [2.75, 3.05) is 54.7 Å². The number of rotatable bonds is 4. The van der Waals surface area contributed by atoms with Gasteiger partial charge in [-0.3, -0.25) is 0 Å². The van der Waals surface area contributed by atoms with Crippen LogP contribution in [0.4, 0.5) is 4.79 Å². The molecule has 0 atom stereocenters. The summed E-state index contributed by atoms with van der Waals surface area (Å²) in [6.07, 6.45) is 3.87. The van der Waals surface area contributed by atoms with Crippen LogP contribution in [0.2, 0.25) is 0 Å². The summed E-state index contributed by atoms with van der Waals surface area (Å²) < 4.78 is 18.1. The van der Waals surface area contributed by atoms with Crippen LogP contribution < -0.4 is 10.6 Å². The molecule has 0 unspecified atom stereocenters. The lowest BCUT2D eigenvalue weighted by molar-refractivity contribution is -0.115. The number of hydrogen-bond acceptors (Lipinski definition) is 9. The second-order valence-corrected chi connectivity index (χ2v) is 6.36. The van der Waals surface area contributed by atoms with E-state index >= 15 is 0 Å². The second kappa shape index (κ2) is 44.6. The van der Waals surface area contributed by atoms with Gasteiger partial charge in [-0.2, -0.15) is 0 Å². The van der Waals surface area contributed by atoms with Crippen LogP contribution in [-0.4, -0.2) is 76.8 Å². The number of nitrogens with one attached hydrogen (secondary N) is 2. The number of alkyl carbamates (subject to hydrolysis) is 1. The number of methoxy groups -OCH3 is 2. The van der Waals surface area contributed by atoms with Gasteiger partial charge < -0.3 is 34.1 Å². The number of aryl methyl sites for hydroxylation is 1. The van der Waals surface area contributed by atoms with Gasteiger partial charge in [0.25, 0.3) is 0 Å². The van der Waals surface area contributed by atoms with Gasteiger partial charge in [0, 0.05) is 40.9 Å². The highest BCUT2D eigenvalue weighted by molar-refractivity contribution is 5.72. The molecule has 1 saturated carbocycles. The summed E-state index contributed by atoms with van der Waals surface area (Å²) in [6, 6.07) is 0. The lowest BCUT2D eigenvalue weighted by Crippen LogP contribution is -2.16. The molecular formula is C24H56N4O6. The van der Waals surface area contributed by atoms with E-state index in [2.05, 4.69) is 48.6 Å². The Balaban J connectivity index is -0.0000000675. The highest BCUT2D eigenvalue weighted by Crippen LogP contribution is 2.26. The van der Waals surface area contributed by atoms with Crippen LogP contribution in [0.25, 0.3) is 0 Å². The van der Waals surface area contributed by atoms with Crippen molar-refractivity contribution < 1.29 is 28.2 Å². The van der Waals surface area contributed by atoms with Gasteiger partial charge in [0.05, 0.1) is 7.11 Å². The van der Waals surface area contributed by atoms with Crippen molar-refractivity contribution in [3.63, 3.8) is 0 Å². The van der Waals surface area contributed by atoms with E-state index in [-0.39, 0.29) is 13.2 Å². The summed E-state index contributed by atoms with van der Waals surface area (Å²) in [4.78, 5) is 19.3. The van der Waals surface area contributed by atoms with Crippen LogP contribution in [0.5, 0.6) is 0 Å². The maximum atomic E-state index is 9.85. The first-order valence-electron chi connectivity index (χ1n) is 11.2. The van der Waals surface area contributed by atoms with Gasteiger partial charge >= 0.3 is 6.09 Å². The largest absolute Gasteiger partial charge is 0.453 e. The first-order chi connectivity index (χ1) is 15.6. The topological polar surface area (TPSA) is 125 Å². The zero-order chi connectivity index (χ0) is 26.9. The molecule has 10 heteroatoms. The summed E-state index contributed by atoms with van der Waals surface area (Å²) in [6.45, 7) is 18.7. The van der Waals surface area contributed by atoms with E-state index in [1.807, 2.05) is 27.8 Å². The molecular weight excluding hydrogens is 440 g/mol. The number of carbonyl (C=O) groups is 2. The molecule has 1 aromatic heterocycles. The van der Waals surface area contributed by atoms with Gasteiger partial charge in [-0.1, -0.05) is 34.1 Å². The Morgan fingerprint density at radius 1 is 1.06 bits per heavy atom. The highest BCUT2D eigenvalue weighted by Gasteiger charge is 2.12. The minimum absolute atomic E-state index is 0. The van der Waals surface area contributed by atoms with E-state index in [1.165, 1.54) is 47.2 Å². The van der Waals surface area contributed by atoms with Crippen molar-refractivity contribution in [3.8, 4) is 0 Å². The monoisotopic (exact) mass is 496 g/mol. The highest BCUT2D eigenvalue weighted by atomic mass is 16.5. The molecule has 1 fully saturated rings. The first-order valence-corrected chi connectivity index (χ1v) is 11.2. The molecule has 0 aliphatic heterocycles. The normalized spacial score (nSPS) is 9.65. The van der Waals surface area contributed by atoms with Crippen molar-refractivity contribution >= 4 is 11.9 Å². The SMILES string of the molecule is C.CC(C)=O.CC1CC1.CCNC.CCOC.CCOCC.CNC(=O)OC.Cc1nnco1. The van der Waals surface area contributed by atoms with E-state index < -0.39 is 6.09 Å². The summed E-state index contributed by atoms with van der Waals surface area (Å²) in [7, 11) is 6.44. The Kier molecular flexibility index (Phi) is 59.6. The lowest BCUT2D eigenvalue weighted by atomic mass is 10.5. The molecule has 1 aliphatic carbocycles. The molecule has 0 radical (unpaired) electrons. The van der Waals surface area contributed by atoms with Crippen LogP contribution in [0.15, 0.2) is 10.8 Å². The van der Waals surface area contributed by atoms with Crippen molar-refractivity contribution in [3.05, 3.63) is 12.3 Å². The molecule has 1 aromatic rings. The Morgan fingerprint density at radius 3 is 1.47 bits per heavy atom. The molecule has 1 amide bonds. The van der Waals surface area contributed by atoms with E-state index in [9.17, 15) is 9.59 Å².